The van der Waals surface area contributed by atoms with Crippen LogP contribution in [0, 0.1) is 0 Å². The topological polar surface area (TPSA) is 25.8 Å². The maximum atomic E-state index is 4.34. The summed E-state index contributed by atoms with van der Waals surface area (Å²) in [5.74, 6) is 1.35. The summed E-state index contributed by atoms with van der Waals surface area (Å²) < 4.78 is 0. The van der Waals surface area contributed by atoms with Crippen LogP contribution in [0.2, 0.25) is 0 Å². The number of rotatable bonds is 4. The first kappa shape index (κ1) is 21.0. The second-order valence-corrected chi connectivity index (χ2v) is 9.80. The molecular weight excluding hydrogens is 436 g/mol. The van der Waals surface area contributed by atoms with Gasteiger partial charge >= 0.3 is 0 Å². The molecule has 2 heterocycles. The predicted molar refractivity (Wildman–Crippen MR) is 147 cm³/mol. The standard InChI is InChI=1S/C34H26N2/c1-3-11-27-23(7-1)9-5-13-29(27)33-31(25-15-19-35-20-16-25)32(26-17-21-36-22-18-26)34(33)30-14-6-10-24-8-2-4-12-28(24)30/h1-22,31-34H/t31-,32+,33+,34-. The quantitative estimate of drug-likeness (QED) is 0.264. The fourth-order valence-electron chi connectivity index (χ4n) is 6.60. The molecule has 6 aromatic rings. The maximum absolute atomic E-state index is 4.34. The highest BCUT2D eigenvalue weighted by Crippen LogP contribution is 2.67. The third-order valence-electron chi connectivity index (χ3n) is 8.09. The molecular formula is C34H26N2. The van der Waals surface area contributed by atoms with Crippen LogP contribution in [0.3, 0.4) is 0 Å². The van der Waals surface area contributed by atoms with E-state index in [-0.39, 0.29) is 0 Å². The molecule has 1 aliphatic carbocycles. The number of hydrogen-bond acceptors (Lipinski definition) is 2. The number of benzene rings is 4. The molecule has 0 unspecified atom stereocenters. The van der Waals surface area contributed by atoms with E-state index >= 15 is 0 Å². The molecule has 2 nitrogen and oxygen atoms in total. The number of aromatic nitrogens is 2. The van der Waals surface area contributed by atoms with E-state index in [1.165, 1.54) is 43.8 Å². The average Bonchev–Trinajstić information content (AvgIpc) is 2.94. The van der Waals surface area contributed by atoms with E-state index in [0.29, 0.717) is 23.7 Å². The first-order valence-corrected chi connectivity index (χ1v) is 12.7. The molecule has 0 radical (unpaired) electrons. The Labute approximate surface area is 211 Å². The van der Waals surface area contributed by atoms with Gasteiger partial charge in [-0.05, 0) is 91.7 Å². The van der Waals surface area contributed by atoms with E-state index in [1.807, 2.05) is 24.8 Å². The number of hydrogen-bond donors (Lipinski definition) is 0. The number of fused-ring (bicyclic) bond motifs is 2. The summed E-state index contributed by atoms with van der Waals surface area (Å²) in [4.78, 5) is 8.68. The van der Waals surface area contributed by atoms with Crippen molar-refractivity contribution in [2.75, 3.05) is 0 Å². The van der Waals surface area contributed by atoms with E-state index in [1.54, 1.807) is 0 Å². The minimum atomic E-state index is 0.336. The maximum Gasteiger partial charge on any atom is 0.0270 e. The van der Waals surface area contributed by atoms with Crippen LogP contribution in [0.25, 0.3) is 21.5 Å². The molecule has 1 saturated carbocycles. The Balaban J connectivity index is 1.51. The smallest absolute Gasteiger partial charge is 0.0270 e. The summed E-state index contributed by atoms with van der Waals surface area (Å²) in [5.41, 5.74) is 5.55. The van der Waals surface area contributed by atoms with Gasteiger partial charge in [-0.3, -0.25) is 9.97 Å². The Hall–Kier alpha value is -4.30. The van der Waals surface area contributed by atoms with E-state index in [4.69, 9.17) is 0 Å². The summed E-state index contributed by atoms with van der Waals surface area (Å²) >= 11 is 0. The molecule has 1 aliphatic rings. The van der Waals surface area contributed by atoms with Gasteiger partial charge in [-0.15, -0.1) is 0 Å². The Morgan fingerprint density at radius 1 is 0.361 bits per heavy atom. The van der Waals surface area contributed by atoms with Gasteiger partial charge in [0.15, 0.2) is 0 Å². The van der Waals surface area contributed by atoms with E-state index in [9.17, 15) is 0 Å². The lowest BCUT2D eigenvalue weighted by molar-refractivity contribution is 0.231. The lowest BCUT2D eigenvalue weighted by Crippen LogP contribution is -2.40. The zero-order chi connectivity index (χ0) is 23.9. The van der Waals surface area contributed by atoms with Gasteiger partial charge in [-0.2, -0.15) is 0 Å². The van der Waals surface area contributed by atoms with Crippen molar-refractivity contribution in [3.8, 4) is 0 Å². The van der Waals surface area contributed by atoms with Crippen LogP contribution >= 0.6 is 0 Å². The van der Waals surface area contributed by atoms with Gasteiger partial charge in [-0.25, -0.2) is 0 Å². The SMILES string of the molecule is c1ccc2c([C@@H]3[C@@H](c4ccncc4)[C@@H](c4ccncc4)[C@@H]3c3cccc4ccccc34)cccc2c1. The van der Waals surface area contributed by atoms with Gasteiger partial charge in [-0.1, -0.05) is 84.9 Å². The van der Waals surface area contributed by atoms with Crippen molar-refractivity contribution >= 4 is 21.5 Å². The fraction of sp³-hybridized carbons (Fsp3) is 0.118. The van der Waals surface area contributed by atoms with E-state index < -0.39 is 0 Å². The van der Waals surface area contributed by atoms with Crippen molar-refractivity contribution < 1.29 is 0 Å². The largest absolute Gasteiger partial charge is 0.265 e. The highest BCUT2D eigenvalue weighted by Gasteiger charge is 2.53. The predicted octanol–water partition coefficient (Wildman–Crippen LogP) is 8.23. The van der Waals surface area contributed by atoms with Crippen molar-refractivity contribution in [2.45, 2.75) is 23.7 Å². The van der Waals surface area contributed by atoms with Gasteiger partial charge in [0.05, 0.1) is 0 Å². The number of nitrogens with zero attached hydrogens (tertiary/aromatic N) is 2. The van der Waals surface area contributed by atoms with Gasteiger partial charge in [0.25, 0.3) is 0 Å². The molecule has 0 saturated heterocycles. The molecule has 172 valence electrons. The van der Waals surface area contributed by atoms with Crippen molar-refractivity contribution in [1.82, 2.24) is 9.97 Å². The average molecular weight is 463 g/mol. The van der Waals surface area contributed by atoms with Crippen molar-refractivity contribution in [3.05, 3.63) is 156 Å². The normalized spacial score (nSPS) is 21.3. The van der Waals surface area contributed by atoms with Gasteiger partial charge in [0.1, 0.15) is 0 Å². The Bertz CT molecular complexity index is 1520. The zero-order valence-electron chi connectivity index (χ0n) is 19.9. The Morgan fingerprint density at radius 2 is 0.750 bits per heavy atom. The molecule has 2 heteroatoms. The van der Waals surface area contributed by atoms with Crippen LogP contribution in [0.15, 0.2) is 134 Å². The molecule has 4 aromatic carbocycles. The minimum absolute atomic E-state index is 0.336. The zero-order valence-corrected chi connectivity index (χ0v) is 19.9. The summed E-state index contributed by atoms with van der Waals surface area (Å²) in [6, 6.07) is 40.0. The van der Waals surface area contributed by atoms with Gasteiger partial charge in [0, 0.05) is 24.8 Å². The van der Waals surface area contributed by atoms with Crippen LogP contribution in [-0.2, 0) is 0 Å². The first-order valence-electron chi connectivity index (χ1n) is 12.7. The summed E-state index contributed by atoms with van der Waals surface area (Å²) in [5, 5.41) is 5.30. The van der Waals surface area contributed by atoms with Gasteiger partial charge in [0.2, 0.25) is 0 Å². The van der Waals surface area contributed by atoms with Crippen LogP contribution in [-0.4, -0.2) is 9.97 Å². The minimum Gasteiger partial charge on any atom is -0.265 e. The lowest BCUT2D eigenvalue weighted by Gasteiger charge is -2.54. The molecule has 7 rings (SSSR count). The fourth-order valence-corrected chi connectivity index (χ4v) is 6.60. The molecule has 0 bridgehead atoms. The molecule has 0 spiro atoms. The first-order chi connectivity index (χ1) is 17.9. The van der Waals surface area contributed by atoms with Crippen LogP contribution < -0.4 is 0 Å². The Kier molecular flexibility index (Phi) is 5.10. The molecule has 36 heavy (non-hydrogen) atoms. The Morgan fingerprint density at radius 3 is 1.19 bits per heavy atom. The van der Waals surface area contributed by atoms with Crippen molar-refractivity contribution in [1.29, 1.82) is 0 Å². The van der Waals surface area contributed by atoms with E-state index in [2.05, 4.69) is 119 Å². The van der Waals surface area contributed by atoms with Crippen molar-refractivity contribution in [3.63, 3.8) is 0 Å². The molecule has 1 fully saturated rings. The van der Waals surface area contributed by atoms with E-state index in [0.717, 1.165) is 0 Å². The highest BCUT2D eigenvalue weighted by atomic mass is 14.6. The highest BCUT2D eigenvalue weighted by molar-refractivity contribution is 5.89. The summed E-state index contributed by atoms with van der Waals surface area (Å²) in [7, 11) is 0. The third kappa shape index (κ3) is 3.33. The molecule has 2 aromatic heterocycles. The third-order valence-corrected chi connectivity index (χ3v) is 8.09. The monoisotopic (exact) mass is 462 g/mol. The number of pyridine rings is 2. The lowest BCUT2D eigenvalue weighted by atomic mass is 9.48. The van der Waals surface area contributed by atoms with Crippen LogP contribution in [0.1, 0.15) is 45.9 Å². The molecule has 0 aliphatic heterocycles. The molecule has 0 N–H and O–H groups in total. The van der Waals surface area contributed by atoms with Crippen LogP contribution in [0.4, 0.5) is 0 Å². The molecule has 4 atom stereocenters. The summed E-state index contributed by atoms with van der Waals surface area (Å²) in [6.07, 6.45) is 7.74. The van der Waals surface area contributed by atoms with Gasteiger partial charge < -0.3 is 0 Å². The molecule has 0 amide bonds. The van der Waals surface area contributed by atoms with Crippen LogP contribution in [0.5, 0.6) is 0 Å². The second kappa shape index (κ2) is 8.73. The summed E-state index contributed by atoms with van der Waals surface area (Å²) in [6.45, 7) is 0. The van der Waals surface area contributed by atoms with Crippen molar-refractivity contribution in [2.24, 2.45) is 0 Å². The second-order valence-electron chi connectivity index (χ2n) is 9.80.